The first-order valence-electron chi connectivity index (χ1n) is 14.7. The van der Waals surface area contributed by atoms with Crippen molar-refractivity contribution in [3.63, 3.8) is 0 Å². The van der Waals surface area contributed by atoms with Crippen LogP contribution in [0.25, 0.3) is 0 Å². The summed E-state index contributed by atoms with van der Waals surface area (Å²) in [6, 6.07) is 23.3. The molecule has 0 heterocycles. The summed E-state index contributed by atoms with van der Waals surface area (Å²) < 4.78 is 5.53. The van der Waals surface area contributed by atoms with E-state index in [-0.39, 0.29) is 18.2 Å². The third-order valence-corrected chi connectivity index (χ3v) is 6.90. The lowest BCUT2D eigenvalue weighted by atomic mass is 9.95. The molecule has 0 aliphatic rings. The van der Waals surface area contributed by atoms with E-state index in [1.54, 1.807) is 25.7 Å². The molecule has 3 aromatic rings. The molecule has 224 valence electrons. The minimum absolute atomic E-state index is 0.257. The number of rotatable bonds is 12. The van der Waals surface area contributed by atoms with Crippen LogP contribution in [0.3, 0.4) is 0 Å². The smallest absolute Gasteiger partial charge is 0.408 e. The maximum absolute atomic E-state index is 14.5. The SMILES string of the molecule is CCCCN(C(=O)C(Cc1ccccc1)NC(=O)OC(C)(C)C)C(C(=O)NCc1ccccc1)c1ccc(C)cc1C. The van der Waals surface area contributed by atoms with Crippen molar-refractivity contribution in [2.24, 2.45) is 0 Å². The minimum Gasteiger partial charge on any atom is -0.444 e. The second-order valence-corrected chi connectivity index (χ2v) is 11.7. The van der Waals surface area contributed by atoms with Crippen molar-refractivity contribution < 1.29 is 19.1 Å². The van der Waals surface area contributed by atoms with Crippen molar-refractivity contribution in [1.82, 2.24) is 15.5 Å². The summed E-state index contributed by atoms with van der Waals surface area (Å²) in [6.45, 7) is 12.0. The topological polar surface area (TPSA) is 87.7 Å². The molecular formula is C35H45N3O4. The number of carbonyl (C=O) groups excluding carboxylic acids is 3. The number of aryl methyl sites for hydroxylation is 2. The fraction of sp³-hybridized carbons (Fsp3) is 0.400. The molecule has 0 saturated heterocycles. The van der Waals surface area contributed by atoms with E-state index in [4.69, 9.17) is 4.74 Å². The number of hydrogen-bond acceptors (Lipinski definition) is 4. The predicted octanol–water partition coefficient (Wildman–Crippen LogP) is 6.43. The molecule has 42 heavy (non-hydrogen) atoms. The van der Waals surface area contributed by atoms with Crippen LogP contribution in [0.5, 0.6) is 0 Å². The maximum atomic E-state index is 14.5. The van der Waals surface area contributed by atoms with Crippen molar-refractivity contribution in [2.45, 2.75) is 85.0 Å². The Morgan fingerprint density at radius 3 is 2.07 bits per heavy atom. The Bertz CT molecular complexity index is 1320. The Labute approximate surface area is 250 Å². The van der Waals surface area contributed by atoms with Crippen molar-refractivity contribution >= 4 is 17.9 Å². The molecule has 0 aromatic heterocycles. The molecule has 3 amide bonds. The molecule has 3 rings (SSSR count). The van der Waals surface area contributed by atoms with Crippen LogP contribution in [0.15, 0.2) is 78.9 Å². The monoisotopic (exact) mass is 571 g/mol. The fourth-order valence-corrected chi connectivity index (χ4v) is 4.86. The van der Waals surface area contributed by atoms with Crippen LogP contribution in [-0.2, 0) is 27.3 Å². The van der Waals surface area contributed by atoms with Gasteiger partial charge in [-0.2, -0.15) is 0 Å². The molecule has 2 unspecified atom stereocenters. The Kier molecular flexibility index (Phi) is 11.7. The highest BCUT2D eigenvalue weighted by Gasteiger charge is 2.36. The van der Waals surface area contributed by atoms with Crippen LogP contribution in [0, 0.1) is 13.8 Å². The molecule has 2 N–H and O–H groups in total. The number of nitrogens with zero attached hydrogens (tertiary/aromatic N) is 1. The second-order valence-electron chi connectivity index (χ2n) is 11.7. The normalized spacial score (nSPS) is 12.6. The van der Waals surface area contributed by atoms with Gasteiger partial charge in [0.05, 0.1) is 0 Å². The summed E-state index contributed by atoms with van der Waals surface area (Å²) in [7, 11) is 0. The van der Waals surface area contributed by atoms with Crippen LogP contribution in [0.1, 0.15) is 74.4 Å². The lowest BCUT2D eigenvalue weighted by Crippen LogP contribution is -2.54. The number of unbranched alkanes of at least 4 members (excludes halogenated alkanes) is 1. The number of carbonyl (C=O) groups is 3. The lowest BCUT2D eigenvalue weighted by Gasteiger charge is -2.35. The van der Waals surface area contributed by atoms with Crippen LogP contribution < -0.4 is 10.6 Å². The molecule has 7 heteroatoms. The van der Waals surface area contributed by atoms with Gasteiger partial charge >= 0.3 is 6.09 Å². The molecule has 0 aliphatic carbocycles. The molecule has 0 saturated carbocycles. The van der Waals surface area contributed by atoms with Gasteiger partial charge in [-0.25, -0.2) is 4.79 Å². The zero-order chi connectivity index (χ0) is 30.7. The van der Waals surface area contributed by atoms with E-state index in [1.165, 1.54) is 0 Å². The number of benzene rings is 3. The van der Waals surface area contributed by atoms with E-state index < -0.39 is 23.8 Å². The van der Waals surface area contributed by atoms with Gasteiger partial charge in [0.15, 0.2) is 0 Å². The Morgan fingerprint density at radius 2 is 1.50 bits per heavy atom. The first kappa shape index (κ1) is 32.4. The fourth-order valence-electron chi connectivity index (χ4n) is 4.86. The summed E-state index contributed by atoms with van der Waals surface area (Å²) in [5.41, 5.74) is 3.87. The number of hydrogen-bond donors (Lipinski definition) is 2. The van der Waals surface area contributed by atoms with Gasteiger partial charge in [0.25, 0.3) is 0 Å². The van der Waals surface area contributed by atoms with E-state index in [0.717, 1.165) is 34.2 Å². The van der Waals surface area contributed by atoms with E-state index in [0.29, 0.717) is 19.5 Å². The Balaban J connectivity index is 2.03. The van der Waals surface area contributed by atoms with E-state index in [1.807, 2.05) is 99.6 Å². The van der Waals surface area contributed by atoms with Crippen LogP contribution in [0.4, 0.5) is 4.79 Å². The first-order chi connectivity index (χ1) is 20.0. The number of alkyl carbamates (subject to hydrolysis) is 1. The molecule has 0 spiro atoms. The summed E-state index contributed by atoms with van der Waals surface area (Å²) >= 11 is 0. The largest absolute Gasteiger partial charge is 0.444 e. The van der Waals surface area contributed by atoms with Gasteiger partial charge < -0.3 is 20.3 Å². The zero-order valence-corrected chi connectivity index (χ0v) is 25.8. The molecule has 0 radical (unpaired) electrons. The summed E-state index contributed by atoms with van der Waals surface area (Å²) in [4.78, 5) is 43.1. The predicted molar refractivity (Wildman–Crippen MR) is 167 cm³/mol. The van der Waals surface area contributed by atoms with Crippen LogP contribution in [0.2, 0.25) is 0 Å². The number of ether oxygens (including phenoxy) is 1. The van der Waals surface area contributed by atoms with E-state index >= 15 is 0 Å². The molecule has 0 aliphatic heterocycles. The second kappa shape index (κ2) is 15.2. The highest BCUT2D eigenvalue weighted by molar-refractivity contribution is 5.92. The van der Waals surface area contributed by atoms with Gasteiger partial charge in [-0.15, -0.1) is 0 Å². The highest BCUT2D eigenvalue weighted by Crippen LogP contribution is 2.27. The molecule has 7 nitrogen and oxygen atoms in total. The van der Waals surface area contributed by atoms with Gasteiger partial charge in [0.1, 0.15) is 17.7 Å². The quantitative estimate of drug-likeness (QED) is 0.262. The van der Waals surface area contributed by atoms with Gasteiger partial charge in [-0.05, 0) is 63.3 Å². The average Bonchev–Trinajstić information content (AvgIpc) is 2.94. The molecule has 0 bridgehead atoms. The van der Waals surface area contributed by atoms with Crippen molar-refractivity contribution in [2.75, 3.05) is 6.54 Å². The molecule has 2 atom stereocenters. The number of nitrogens with one attached hydrogen (secondary N) is 2. The van der Waals surface area contributed by atoms with Crippen LogP contribution in [-0.4, -0.2) is 41.0 Å². The highest BCUT2D eigenvalue weighted by atomic mass is 16.6. The minimum atomic E-state index is -0.936. The first-order valence-corrected chi connectivity index (χ1v) is 14.7. The average molecular weight is 572 g/mol. The lowest BCUT2D eigenvalue weighted by molar-refractivity contribution is -0.142. The van der Waals surface area contributed by atoms with Gasteiger partial charge in [0.2, 0.25) is 11.8 Å². The van der Waals surface area contributed by atoms with Gasteiger partial charge in [-0.1, -0.05) is 97.8 Å². The van der Waals surface area contributed by atoms with E-state index in [9.17, 15) is 14.4 Å². The Morgan fingerprint density at radius 1 is 0.881 bits per heavy atom. The van der Waals surface area contributed by atoms with Crippen molar-refractivity contribution in [3.8, 4) is 0 Å². The summed E-state index contributed by atoms with van der Waals surface area (Å²) in [6.07, 6.45) is 1.11. The summed E-state index contributed by atoms with van der Waals surface area (Å²) in [5.74, 6) is -0.607. The standard InChI is InChI=1S/C35H45N3O4/c1-7-8-21-38(33(40)30(23-27-15-11-9-12-16-27)37-34(41)42-35(4,5)6)31(29-20-19-25(2)22-26(29)3)32(39)36-24-28-17-13-10-14-18-28/h9-20,22,30-31H,7-8,21,23-24H2,1-6H3,(H,36,39)(H,37,41). The number of amides is 3. The molecule has 0 fully saturated rings. The third kappa shape index (κ3) is 9.75. The van der Waals surface area contributed by atoms with Gasteiger partial charge in [-0.3, -0.25) is 9.59 Å². The van der Waals surface area contributed by atoms with Crippen molar-refractivity contribution in [1.29, 1.82) is 0 Å². The van der Waals surface area contributed by atoms with Gasteiger partial charge in [0, 0.05) is 19.5 Å². The molecule has 3 aromatic carbocycles. The zero-order valence-electron chi connectivity index (χ0n) is 25.8. The molecular weight excluding hydrogens is 526 g/mol. The maximum Gasteiger partial charge on any atom is 0.408 e. The third-order valence-electron chi connectivity index (χ3n) is 6.90. The van der Waals surface area contributed by atoms with E-state index in [2.05, 4.69) is 10.6 Å². The van der Waals surface area contributed by atoms with Crippen molar-refractivity contribution in [3.05, 3.63) is 107 Å². The summed E-state index contributed by atoms with van der Waals surface area (Å²) in [5, 5.41) is 5.89. The van der Waals surface area contributed by atoms with Crippen LogP contribution >= 0.6 is 0 Å². The Hall–Kier alpha value is -4.13.